The normalized spacial score (nSPS) is 10.8. The lowest BCUT2D eigenvalue weighted by molar-refractivity contribution is 0.102. The van der Waals surface area contributed by atoms with E-state index in [0.29, 0.717) is 46.1 Å². The van der Waals surface area contributed by atoms with Crippen LogP contribution in [0.15, 0.2) is 28.8 Å². The van der Waals surface area contributed by atoms with E-state index in [1.165, 1.54) is 0 Å². The molecule has 24 heavy (non-hydrogen) atoms. The first-order valence-corrected chi connectivity index (χ1v) is 7.78. The van der Waals surface area contributed by atoms with Gasteiger partial charge in [-0.3, -0.25) is 4.79 Å². The molecule has 1 N–H and O–H groups in total. The molecule has 0 bridgehead atoms. The summed E-state index contributed by atoms with van der Waals surface area (Å²) in [6.07, 6.45) is 0. The Balaban J connectivity index is 2.01. The zero-order chi connectivity index (χ0) is 17.3. The molecule has 2 aromatic heterocycles. The Bertz CT molecular complexity index is 915. The Morgan fingerprint density at radius 3 is 2.79 bits per heavy atom. The van der Waals surface area contributed by atoms with Gasteiger partial charge in [0.05, 0.1) is 28.9 Å². The van der Waals surface area contributed by atoms with E-state index in [1.807, 2.05) is 39.0 Å². The lowest BCUT2D eigenvalue weighted by Crippen LogP contribution is -2.14. The average Bonchev–Trinajstić information content (AvgIpc) is 2.90. The monoisotopic (exact) mass is 325 g/mol. The third-order valence-corrected chi connectivity index (χ3v) is 3.67. The lowest BCUT2D eigenvalue weighted by Gasteiger charge is -2.13. The second-order valence-electron chi connectivity index (χ2n) is 5.65. The largest absolute Gasteiger partial charge is 0.492 e. The van der Waals surface area contributed by atoms with Crippen molar-refractivity contribution in [3.05, 3.63) is 46.8 Å². The minimum atomic E-state index is -0.249. The van der Waals surface area contributed by atoms with E-state index in [1.54, 1.807) is 13.0 Å². The minimum Gasteiger partial charge on any atom is -0.492 e. The first-order chi connectivity index (χ1) is 11.5. The van der Waals surface area contributed by atoms with Crippen LogP contribution in [0.2, 0.25) is 0 Å². The highest BCUT2D eigenvalue weighted by atomic mass is 16.5. The fraction of sp³-hybridized carbons (Fsp3) is 0.278. The summed E-state index contributed by atoms with van der Waals surface area (Å²) in [6, 6.07) is 7.40. The second-order valence-corrected chi connectivity index (χ2v) is 5.65. The van der Waals surface area contributed by atoms with Crippen LogP contribution < -0.4 is 10.1 Å². The molecule has 0 aliphatic rings. The summed E-state index contributed by atoms with van der Waals surface area (Å²) in [7, 11) is 0. The average molecular weight is 325 g/mol. The van der Waals surface area contributed by atoms with Gasteiger partial charge in [-0.25, -0.2) is 4.98 Å². The Labute approximate surface area is 139 Å². The van der Waals surface area contributed by atoms with Crippen LogP contribution >= 0.6 is 0 Å². The van der Waals surface area contributed by atoms with Crippen molar-refractivity contribution < 1.29 is 14.1 Å². The molecule has 0 fully saturated rings. The predicted molar refractivity (Wildman–Crippen MR) is 91.6 cm³/mol. The van der Waals surface area contributed by atoms with Gasteiger partial charge < -0.3 is 14.6 Å². The number of aromatic nitrogens is 2. The van der Waals surface area contributed by atoms with E-state index in [-0.39, 0.29) is 5.91 Å². The summed E-state index contributed by atoms with van der Waals surface area (Å²) in [6.45, 7) is 8.01. The van der Waals surface area contributed by atoms with E-state index in [4.69, 9.17) is 9.26 Å². The van der Waals surface area contributed by atoms with Crippen LogP contribution in [-0.4, -0.2) is 22.7 Å². The van der Waals surface area contributed by atoms with Crippen molar-refractivity contribution >= 4 is 22.7 Å². The summed E-state index contributed by atoms with van der Waals surface area (Å²) in [4.78, 5) is 17.1. The molecule has 6 nitrogen and oxygen atoms in total. The van der Waals surface area contributed by atoms with Crippen LogP contribution in [0.25, 0.3) is 11.1 Å². The van der Waals surface area contributed by atoms with Gasteiger partial charge in [-0.15, -0.1) is 0 Å². The third kappa shape index (κ3) is 2.95. The van der Waals surface area contributed by atoms with Gasteiger partial charge in [0.25, 0.3) is 11.6 Å². The summed E-state index contributed by atoms with van der Waals surface area (Å²) in [5, 5.41) is 7.45. The van der Waals surface area contributed by atoms with Crippen molar-refractivity contribution in [3.63, 3.8) is 0 Å². The van der Waals surface area contributed by atoms with Crippen molar-refractivity contribution in [2.75, 3.05) is 11.9 Å². The first kappa shape index (κ1) is 16.0. The van der Waals surface area contributed by atoms with Gasteiger partial charge in [0.2, 0.25) is 0 Å². The van der Waals surface area contributed by atoms with Crippen molar-refractivity contribution in [2.45, 2.75) is 27.7 Å². The molecule has 1 amide bonds. The number of carbonyl (C=O) groups is 1. The van der Waals surface area contributed by atoms with E-state index < -0.39 is 0 Å². The molecule has 3 rings (SSSR count). The molecule has 124 valence electrons. The van der Waals surface area contributed by atoms with Gasteiger partial charge in [0, 0.05) is 5.69 Å². The Morgan fingerprint density at radius 1 is 1.25 bits per heavy atom. The molecule has 0 saturated heterocycles. The number of hydrogen-bond acceptors (Lipinski definition) is 5. The summed E-state index contributed by atoms with van der Waals surface area (Å²) in [5.41, 5.74) is 3.87. The van der Waals surface area contributed by atoms with Crippen molar-refractivity contribution in [1.29, 1.82) is 0 Å². The molecule has 0 aliphatic heterocycles. The number of nitrogens with zero attached hydrogens (tertiary/aromatic N) is 2. The number of anilines is 1. The number of pyridine rings is 1. The van der Waals surface area contributed by atoms with E-state index in [0.717, 1.165) is 5.56 Å². The highest BCUT2D eigenvalue weighted by Gasteiger charge is 2.19. The Hall–Kier alpha value is -2.89. The number of nitrogens with one attached hydrogen (secondary N) is 1. The number of carbonyl (C=O) groups excluding carboxylic acids is 1. The number of aryl methyl sites for hydroxylation is 3. The molecule has 0 radical (unpaired) electrons. The van der Waals surface area contributed by atoms with Gasteiger partial charge >= 0.3 is 0 Å². The molecule has 0 atom stereocenters. The maximum absolute atomic E-state index is 12.8. The quantitative estimate of drug-likeness (QED) is 0.789. The van der Waals surface area contributed by atoms with Crippen molar-refractivity contribution in [3.8, 4) is 5.75 Å². The minimum absolute atomic E-state index is 0.249. The highest BCUT2D eigenvalue weighted by Crippen LogP contribution is 2.28. The molecule has 0 unspecified atom stereocenters. The number of ether oxygens (including phenoxy) is 1. The maximum Gasteiger partial charge on any atom is 0.258 e. The number of rotatable bonds is 4. The molecule has 6 heteroatoms. The van der Waals surface area contributed by atoms with Crippen LogP contribution in [0.3, 0.4) is 0 Å². The molecular formula is C18H19N3O3. The standard InChI is InChI=1S/C18H19N3O3/c1-5-23-15-8-10(2)6-7-14(15)20-17(22)13-9-11(3)19-18-16(13)12(4)21-24-18/h6-9H,5H2,1-4H3,(H,20,22). The van der Waals surface area contributed by atoms with Crippen LogP contribution in [0, 0.1) is 20.8 Å². The fourth-order valence-corrected chi connectivity index (χ4v) is 2.59. The summed E-state index contributed by atoms with van der Waals surface area (Å²) >= 11 is 0. The SMILES string of the molecule is CCOc1cc(C)ccc1NC(=O)c1cc(C)nc2onc(C)c12. The van der Waals surface area contributed by atoms with Gasteiger partial charge in [0.1, 0.15) is 5.75 Å². The van der Waals surface area contributed by atoms with Gasteiger partial charge in [-0.2, -0.15) is 0 Å². The molecule has 2 heterocycles. The Morgan fingerprint density at radius 2 is 2.04 bits per heavy atom. The van der Waals surface area contributed by atoms with Gasteiger partial charge in [0.15, 0.2) is 0 Å². The molecule has 0 aliphatic carbocycles. The smallest absolute Gasteiger partial charge is 0.258 e. The third-order valence-electron chi connectivity index (χ3n) is 3.67. The fourth-order valence-electron chi connectivity index (χ4n) is 2.59. The molecule has 1 aromatic carbocycles. The highest BCUT2D eigenvalue weighted by molar-refractivity contribution is 6.12. The van der Waals surface area contributed by atoms with Crippen molar-refractivity contribution in [2.24, 2.45) is 0 Å². The number of amides is 1. The van der Waals surface area contributed by atoms with Crippen molar-refractivity contribution in [1.82, 2.24) is 10.1 Å². The summed E-state index contributed by atoms with van der Waals surface area (Å²) in [5.74, 6) is 0.400. The van der Waals surface area contributed by atoms with E-state index in [2.05, 4.69) is 15.5 Å². The number of benzene rings is 1. The first-order valence-electron chi connectivity index (χ1n) is 7.78. The molecular weight excluding hydrogens is 306 g/mol. The topological polar surface area (TPSA) is 77.2 Å². The van der Waals surface area contributed by atoms with E-state index in [9.17, 15) is 4.79 Å². The predicted octanol–water partition coefficient (Wildman–Crippen LogP) is 3.80. The number of fused-ring (bicyclic) bond motifs is 1. The van der Waals surface area contributed by atoms with Crippen LogP contribution in [0.4, 0.5) is 5.69 Å². The number of hydrogen-bond donors (Lipinski definition) is 1. The zero-order valence-electron chi connectivity index (χ0n) is 14.1. The summed E-state index contributed by atoms with van der Waals surface area (Å²) < 4.78 is 10.8. The second kappa shape index (κ2) is 6.31. The maximum atomic E-state index is 12.8. The lowest BCUT2D eigenvalue weighted by atomic mass is 10.1. The van der Waals surface area contributed by atoms with Gasteiger partial charge in [-0.1, -0.05) is 11.2 Å². The van der Waals surface area contributed by atoms with Crippen LogP contribution in [-0.2, 0) is 0 Å². The molecule has 0 spiro atoms. The molecule has 0 saturated carbocycles. The molecule has 3 aromatic rings. The Kier molecular flexibility index (Phi) is 4.20. The van der Waals surface area contributed by atoms with Crippen LogP contribution in [0.5, 0.6) is 5.75 Å². The van der Waals surface area contributed by atoms with Crippen LogP contribution in [0.1, 0.15) is 34.2 Å². The van der Waals surface area contributed by atoms with E-state index >= 15 is 0 Å². The van der Waals surface area contributed by atoms with Gasteiger partial charge in [-0.05, 0) is 51.5 Å². The zero-order valence-corrected chi connectivity index (χ0v) is 14.1.